The Kier molecular flexibility index (Phi) is 6.01. The molecule has 1 aliphatic heterocycles. The third-order valence-electron chi connectivity index (χ3n) is 3.85. The molecule has 1 aromatic rings. The van der Waals surface area contributed by atoms with E-state index in [9.17, 15) is 23.1 Å². The molecule has 0 aliphatic carbocycles. The van der Waals surface area contributed by atoms with Crippen molar-refractivity contribution in [3.8, 4) is 0 Å². The molecule has 2 rings (SSSR count). The summed E-state index contributed by atoms with van der Waals surface area (Å²) in [6, 6.07) is 8.11. The Morgan fingerprint density at radius 2 is 2.00 bits per heavy atom. The van der Waals surface area contributed by atoms with E-state index in [-0.39, 0.29) is 6.54 Å². The van der Waals surface area contributed by atoms with Gasteiger partial charge in [-0.2, -0.15) is 13.2 Å². The van der Waals surface area contributed by atoms with Crippen molar-refractivity contribution in [1.82, 2.24) is 10.2 Å². The van der Waals surface area contributed by atoms with Gasteiger partial charge in [-0.1, -0.05) is 24.3 Å². The first kappa shape index (κ1) is 17.7. The maximum atomic E-state index is 12.0. The Hall–Kier alpha value is -1.60. The zero-order valence-electron chi connectivity index (χ0n) is 12.8. The van der Waals surface area contributed by atoms with E-state index in [2.05, 4.69) is 16.3 Å². The molecule has 2 N–H and O–H groups in total. The molecule has 0 aromatic heterocycles. The van der Waals surface area contributed by atoms with E-state index < -0.39 is 31.0 Å². The summed E-state index contributed by atoms with van der Waals surface area (Å²) >= 11 is 0. The number of nitrogens with zero attached hydrogens (tertiary/aromatic N) is 1. The van der Waals surface area contributed by atoms with E-state index in [0.717, 1.165) is 19.5 Å². The van der Waals surface area contributed by atoms with Gasteiger partial charge in [-0.25, -0.2) is 0 Å². The monoisotopic (exact) mass is 330 g/mol. The fraction of sp³-hybridized carbons (Fsp3) is 0.562. The number of hydrogen-bond acceptors (Lipinski definition) is 3. The van der Waals surface area contributed by atoms with Crippen LogP contribution in [0.1, 0.15) is 24.0 Å². The number of rotatable bonds is 6. The number of fused-ring (bicyclic) bond motifs is 1. The number of halogens is 3. The number of amides is 1. The molecule has 128 valence electrons. The Morgan fingerprint density at radius 1 is 1.30 bits per heavy atom. The van der Waals surface area contributed by atoms with Crippen molar-refractivity contribution in [2.24, 2.45) is 0 Å². The first-order valence-corrected chi connectivity index (χ1v) is 7.64. The fourth-order valence-electron chi connectivity index (χ4n) is 2.65. The molecule has 1 aromatic carbocycles. The van der Waals surface area contributed by atoms with E-state index >= 15 is 0 Å². The van der Waals surface area contributed by atoms with Crippen LogP contribution in [-0.4, -0.2) is 47.8 Å². The predicted octanol–water partition coefficient (Wildman–Crippen LogP) is 1.86. The molecule has 0 saturated carbocycles. The molecule has 0 radical (unpaired) electrons. The van der Waals surface area contributed by atoms with Crippen LogP contribution >= 0.6 is 0 Å². The molecule has 0 bridgehead atoms. The van der Waals surface area contributed by atoms with Crippen LogP contribution in [0.2, 0.25) is 0 Å². The number of aliphatic hydroxyl groups excluding tert-OH is 1. The van der Waals surface area contributed by atoms with Crippen molar-refractivity contribution < 1.29 is 23.1 Å². The topological polar surface area (TPSA) is 52.6 Å². The fourth-order valence-corrected chi connectivity index (χ4v) is 2.65. The predicted molar refractivity (Wildman–Crippen MR) is 79.7 cm³/mol. The van der Waals surface area contributed by atoms with Crippen LogP contribution < -0.4 is 5.32 Å². The largest absolute Gasteiger partial charge is 0.390 e. The highest BCUT2D eigenvalue weighted by Crippen LogP contribution is 2.21. The molecular weight excluding hydrogens is 309 g/mol. The van der Waals surface area contributed by atoms with E-state index in [1.165, 1.54) is 11.1 Å². The minimum absolute atomic E-state index is 0.0329. The summed E-state index contributed by atoms with van der Waals surface area (Å²) < 4.78 is 36.0. The van der Waals surface area contributed by atoms with Crippen molar-refractivity contribution in [3.05, 3.63) is 35.4 Å². The average molecular weight is 330 g/mol. The highest BCUT2D eigenvalue weighted by atomic mass is 19.4. The number of nitrogens with one attached hydrogen (secondary N) is 1. The van der Waals surface area contributed by atoms with Gasteiger partial charge in [-0.15, -0.1) is 0 Å². The van der Waals surface area contributed by atoms with E-state index in [0.29, 0.717) is 6.54 Å². The minimum atomic E-state index is -4.34. The van der Waals surface area contributed by atoms with Gasteiger partial charge in [0.1, 0.15) is 0 Å². The van der Waals surface area contributed by atoms with Crippen LogP contribution in [0.3, 0.4) is 0 Å². The molecule has 1 atom stereocenters. The average Bonchev–Trinajstić information content (AvgIpc) is 2.50. The van der Waals surface area contributed by atoms with Gasteiger partial charge < -0.3 is 10.4 Å². The number of carbonyl (C=O) groups is 1. The second kappa shape index (κ2) is 7.79. The molecule has 0 spiro atoms. The van der Waals surface area contributed by atoms with Gasteiger partial charge in [0.05, 0.1) is 12.5 Å². The van der Waals surface area contributed by atoms with Gasteiger partial charge in [-0.05, 0) is 17.5 Å². The van der Waals surface area contributed by atoms with Crippen molar-refractivity contribution >= 4 is 5.91 Å². The second-order valence-electron chi connectivity index (χ2n) is 5.83. The van der Waals surface area contributed by atoms with E-state index in [1.807, 2.05) is 18.2 Å². The second-order valence-corrected chi connectivity index (χ2v) is 5.83. The zero-order valence-corrected chi connectivity index (χ0v) is 12.8. The third-order valence-corrected chi connectivity index (χ3v) is 3.85. The quantitative estimate of drug-likeness (QED) is 0.837. The van der Waals surface area contributed by atoms with Crippen molar-refractivity contribution in [2.75, 3.05) is 19.6 Å². The Balaban J connectivity index is 1.69. The molecule has 0 unspecified atom stereocenters. The molecule has 0 saturated heterocycles. The number of alkyl halides is 3. The Morgan fingerprint density at radius 3 is 2.70 bits per heavy atom. The molecule has 23 heavy (non-hydrogen) atoms. The van der Waals surface area contributed by atoms with Gasteiger partial charge in [0, 0.05) is 32.6 Å². The van der Waals surface area contributed by atoms with Crippen LogP contribution in [0.4, 0.5) is 13.2 Å². The lowest BCUT2D eigenvalue weighted by Crippen LogP contribution is -2.42. The van der Waals surface area contributed by atoms with Crippen molar-refractivity contribution in [3.63, 3.8) is 0 Å². The molecular formula is C16H21F3N2O2. The summed E-state index contributed by atoms with van der Waals surface area (Å²) in [7, 11) is 0. The SMILES string of the molecule is O=C(CCC(F)(F)F)NC[C@@H](O)CN1CCc2ccccc2C1. The summed E-state index contributed by atoms with van der Waals surface area (Å²) in [5.41, 5.74) is 2.53. The summed E-state index contributed by atoms with van der Waals surface area (Å²) in [6.07, 6.45) is -5.97. The maximum Gasteiger partial charge on any atom is 0.389 e. The normalized spacial score (nSPS) is 16.7. The van der Waals surface area contributed by atoms with Gasteiger partial charge in [0.25, 0.3) is 0 Å². The van der Waals surface area contributed by atoms with E-state index in [1.54, 1.807) is 0 Å². The smallest absolute Gasteiger partial charge is 0.389 e. The molecule has 7 heteroatoms. The van der Waals surface area contributed by atoms with Gasteiger partial charge in [-0.3, -0.25) is 9.69 Å². The van der Waals surface area contributed by atoms with E-state index in [4.69, 9.17) is 0 Å². The van der Waals surface area contributed by atoms with Crippen LogP contribution in [0.25, 0.3) is 0 Å². The van der Waals surface area contributed by atoms with Gasteiger partial charge in [0.2, 0.25) is 5.91 Å². The number of benzene rings is 1. The van der Waals surface area contributed by atoms with Gasteiger partial charge >= 0.3 is 6.18 Å². The highest BCUT2D eigenvalue weighted by molar-refractivity contribution is 5.75. The number of β-amino-alcohol motifs (C(OH)–C–C–N with tert-alkyl or cyclic N) is 1. The standard InChI is InChI=1S/C16H21F3N2O2/c17-16(18,19)7-5-15(23)20-9-14(22)11-21-8-6-12-3-1-2-4-13(12)10-21/h1-4,14,22H,5-11H2,(H,20,23)/t14-/m1/s1. The third kappa shape index (κ3) is 6.19. The summed E-state index contributed by atoms with van der Waals surface area (Å²) in [4.78, 5) is 13.4. The molecule has 1 amide bonds. The van der Waals surface area contributed by atoms with Crippen LogP contribution in [0.5, 0.6) is 0 Å². The lowest BCUT2D eigenvalue weighted by atomic mass is 10.00. The molecule has 4 nitrogen and oxygen atoms in total. The number of carbonyl (C=O) groups excluding carboxylic acids is 1. The Bertz CT molecular complexity index is 534. The van der Waals surface area contributed by atoms with Gasteiger partial charge in [0.15, 0.2) is 0 Å². The summed E-state index contributed by atoms with van der Waals surface area (Å²) in [6.45, 7) is 1.90. The molecule has 1 aliphatic rings. The van der Waals surface area contributed by atoms with Crippen LogP contribution in [-0.2, 0) is 17.8 Å². The molecule has 0 fully saturated rings. The Labute approximate surface area is 133 Å². The zero-order chi connectivity index (χ0) is 16.9. The first-order valence-electron chi connectivity index (χ1n) is 7.64. The lowest BCUT2D eigenvalue weighted by Gasteiger charge is -2.30. The van der Waals surface area contributed by atoms with Crippen LogP contribution in [0.15, 0.2) is 24.3 Å². The van der Waals surface area contributed by atoms with Crippen molar-refractivity contribution in [1.29, 1.82) is 0 Å². The number of aliphatic hydroxyl groups is 1. The highest BCUT2D eigenvalue weighted by Gasteiger charge is 2.28. The number of hydrogen-bond donors (Lipinski definition) is 2. The maximum absolute atomic E-state index is 12.0. The van der Waals surface area contributed by atoms with Crippen LogP contribution in [0, 0.1) is 0 Å². The lowest BCUT2D eigenvalue weighted by molar-refractivity contribution is -0.144. The minimum Gasteiger partial charge on any atom is -0.390 e. The van der Waals surface area contributed by atoms with Crippen molar-refractivity contribution in [2.45, 2.75) is 38.1 Å². The summed E-state index contributed by atoms with van der Waals surface area (Å²) in [5.74, 6) is -0.689. The summed E-state index contributed by atoms with van der Waals surface area (Å²) in [5, 5.41) is 12.3. The first-order chi connectivity index (χ1) is 10.8. The molecule has 1 heterocycles.